The lowest BCUT2D eigenvalue weighted by Crippen LogP contribution is -2.16. The highest BCUT2D eigenvalue weighted by molar-refractivity contribution is 6.05. The number of carboxylic acids is 2. The largest absolute Gasteiger partial charge is 0.478 e. The third-order valence-electron chi connectivity index (χ3n) is 4.27. The summed E-state index contributed by atoms with van der Waals surface area (Å²) < 4.78 is 0. The molecule has 0 saturated carbocycles. The highest BCUT2D eigenvalue weighted by Crippen LogP contribution is 2.26. The van der Waals surface area contributed by atoms with E-state index in [1.165, 1.54) is 53.4 Å². The first-order chi connectivity index (χ1) is 14.4. The van der Waals surface area contributed by atoms with Crippen molar-refractivity contribution in [1.82, 2.24) is 0 Å². The van der Waals surface area contributed by atoms with Gasteiger partial charge in [0.15, 0.2) is 0 Å². The van der Waals surface area contributed by atoms with E-state index >= 15 is 0 Å². The number of hydrogen-bond acceptors (Lipinski definition) is 4. The lowest BCUT2D eigenvalue weighted by molar-refractivity contribution is -0.106. The van der Waals surface area contributed by atoms with Gasteiger partial charge in [0, 0.05) is 16.9 Å². The molecule has 0 fully saturated rings. The molecule has 0 aromatic heterocycles. The molecule has 0 spiro atoms. The molecule has 0 atom stereocenters. The van der Waals surface area contributed by atoms with Crippen LogP contribution in [0.25, 0.3) is 0 Å². The minimum atomic E-state index is -1.08. The van der Waals surface area contributed by atoms with E-state index < -0.39 is 17.8 Å². The van der Waals surface area contributed by atoms with E-state index in [-0.39, 0.29) is 16.7 Å². The zero-order valence-corrected chi connectivity index (χ0v) is 15.5. The molecule has 0 heterocycles. The maximum absolute atomic E-state index is 12.4. The van der Waals surface area contributed by atoms with Gasteiger partial charge in [0.2, 0.25) is 6.41 Å². The van der Waals surface area contributed by atoms with Crippen molar-refractivity contribution in [2.75, 3.05) is 10.2 Å². The Morgan fingerprint density at radius 3 is 1.80 bits per heavy atom. The second kappa shape index (κ2) is 8.70. The number of nitrogens with one attached hydrogen (secondary N) is 1. The highest BCUT2D eigenvalue weighted by atomic mass is 16.4. The van der Waals surface area contributed by atoms with Crippen LogP contribution in [0.4, 0.5) is 17.1 Å². The molecule has 30 heavy (non-hydrogen) atoms. The lowest BCUT2D eigenvalue weighted by atomic mass is 10.1. The van der Waals surface area contributed by atoms with Crippen LogP contribution in [0, 0.1) is 0 Å². The fourth-order valence-electron chi connectivity index (χ4n) is 2.74. The van der Waals surface area contributed by atoms with Gasteiger partial charge in [0.1, 0.15) is 0 Å². The number of rotatable bonds is 7. The van der Waals surface area contributed by atoms with Crippen molar-refractivity contribution in [2.45, 2.75) is 0 Å². The van der Waals surface area contributed by atoms with Crippen LogP contribution in [-0.4, -0.2) is 34.5 Å². The molecule has 8 nitrogen and oxygen atoms in total. The van der Waals surface area contributed by atoms with Crippen molar-refractivity contribution in [3.05, 3.63) is 89.5 Å². The van der Waals surface area contributed by atoms with Crippen LogP contribution in [0.2, 0.25) is 0 Å². The molecule has 0 radical (unpaired) electrons. The average molecular weight is 404 g/mol. The molecule has 0 unspecified atom stereocenters. The molecule has 0 bridgehead atoms. The number of aromatic carboxylic acids is 2. The van der Waals surface area contributed by atoms with Crippen molar-refractivity contribution in [3.63, 3.8) is 0 Å². The van der Waals surface area contributed by atoms with Gasteiger partial charge in [-0.05, 0) is 66.7 Å². The number of carbonyl (C=O) groups is 4. The number of hydrogen-bond donors (Lipinski definition) is 3. The minimum Gasteiger partial charge on any atom is -0.478 e. The number of nitrogens with zero attached hydrogens (tertiary/aromatic N) is 1. The van der Waals surface area contributed by atoms with Crippen LogP contribution in [-0.2, 0) is 4.79 Å². The van der Waals surface area contributed by atoms with E-state index in [4.69, 9.17) is 10.2 Å². The van der Waals surface area contributed by atoms with Crippen LogP contribution < -0.4 is 10.2 Å². The second-order valence-electron chi connectivity index (χ2n) is 6.21. The summed E-state index contributed by atoms with van der Waals surface area (Å²) in [6.45, 7) is 0. The van der Waals surface area contributed by atoms with Gasteiger partial charge in [-0.2, -0.15) is 0 Å². The summed E-state index contributed by atoms with van der Waals surface area (Å²) in [5, 5.41) is 20.6. The third kappa shape index (κ3) is 4.50. The van der Waals surface area contributed by atoms with Crippen molar-refractivity contribution >= 4 is 41.3 Å². The summed E-state index contributed by atoms with van der Waals surface area (Å²) in [5.41, 5.74) is 1.80. The molecule has 2 amide bonds. The van der Waals surface area contributed by atoms with Gasteiger partial charge in [-0.15, -0.1) is 0 Å². The highest BCUT2D eigenvalue weighted by Gasteiger charge is 2.12. The minimum absolute atomic E-state index is 0.0732. The Kier molecular flexibility index (Phi) is 5.88. The summed E-state index contributed by atoms with van der Waals surface area (Å²) >= 11 is 0. The van der Waals surface area contributed by atoms with E-state index in [0.29, 0.717) is 23.5 Å². The zero-order chi connectivity index (χ0) is 21.7. The van der Waals surface area contributed by atoms with E-state index in [1.807, 2.05) is 0 Å². The molecular weight excluding hydrogens is 388 g/mol. The number of amides is 2. The number of anilines is 3. The molecule has 0 aliphatic rings. The van der Waals surface area contributed by atoms with Crippen molar-refractivity contribution in [1.29, 1.82) is 0 Å². The molecule has 0 saturated heterocycles. The van der Waals surface area contributed by atoms with E-state index in [1.54, 1.807) is 24.3 Å². The number of carboxylic acid groups (broad SMARTS) is 2. The van der Waals surface area contributed by atoms with Gasteiger partial charge in [0.25, 0.3) is 5.91 Å². The Bertz CT molecular complexity index is 1110. The first-order valence-corrected chi connectivity index (χ1v) is 8.71. The fourth-order valence-corrected chi connectivity index (χ4v) is 2.74. The maximum Gasteiger partial charge on any atom is 0.335 e. The van der Waals surface area contributed by atoms with Crippen LogP contribution in [0.5, 0.6) is 0 Å². The second-order valence-corrected chi connectivity index (χ2v) is 6.21. The predicted octanol–water partition coefficient (Wildman–Crippen LogP) is 3.63. The van der Waals surface area contributed by atoms with E-state index in [2.05, 4.69) is 5.32 Å². The van der Waals surface area contributed by atoms with E-state index in [9.17, 15) is 19.2 Å². The molecule has 3 aromatic carbocycles. The van der Waals surface area contributed by atoms with Crippen LogP contribution in [0.3, 0.4) is 0 Å². The Morgan fingerprint density at radius 1 is 0.733 bits per heavy atom. The molecule has 150 valence electrons. The van der Waals surface area contributed by atoms with Gasteiger partial charge < -0.3 is 15.5 Å². The third-order valence-corrected chi connectivity index (χ3v) is 4.27. The normalized spacial score (nSPS) is 10.1. The van der Waals surface area contributed by atoms with Gasteiger partial charge in [-0.1, -0.05) is 6.07 Å². The molecule has 8 heteroatoms. The average Bonchev–Trinajstić information content (AvgIpc) is 2.75. The Balaban J connectivity index is 1.80. The van der Waals surface area contributed by atoms with Crippen LogP contribution >= 0.6 is 0 Å². The van der Waals surface area contributed by atoms with Gasteiger partial charge in [-0.25, -0.2) is 9.59 Å². The van der Waals surface area contributed by atoms with Gasteiger partial charge in [-0.3, -0.25) is 14.5 Å². The van der Waals surface area contributed by atoms with Gasteiger partial charge in [0.05, 0.1) is 16.8 Å². The molecule has 0 aliphatic heterocycles. The summed E-state index contributed by atoms with van der Waals surface area (Å²) in [5.74, 6) is -2.59. The monoisotopic (exact) mass is 404 g/mol. The maximum atomic E-state index is 12.4. The van der Waals surface area contributed by atoms with Crippen LogP contribution in [0.15, 0.2) is 72.8 Å². The molecular formula is C22H16N2O6. The lowest BCUT2D eigenvalue weighted by Gasteiger charge is -2.18. The smallest absolute Gasteiger partial charge is 0.335 e. The quantitative estimate of drug-likeness (QED) is 0.517. The zero-order valence-electron chi connectivity index (χ0n) is 15.5. The summed E-state index contributed by atoms with van der Waals surface area (Å²) in [6.07, 6.45) is 0.585. The molecule has 3 aromatic rings. The van der Waals surface area contributed by atoms with E-state index in [0.717, 1.165) is 0 Å². The molecule has 0 aliphatic carbocycles. The Labute approximate surface area is 171 Å². The van der Waals surface area contributed by atoms with Gasteiger partial charge >= 0.3 is 11.9 Å². The topological polar surface area (TPSA) is 124 Å². The Morgan fingerprint density at radius 2 is 1.27 bits per heavy atom. The molecule has 3 N–H and O–H groups in total. The predicted molar refractivity (Wildman–Crippen MR) is 109 cm³/mol. The first-order valence-electron chi connectivity index (χ1n) is 8.71. The fraction of sp³-hybridized carbons (Fsp3) is 0. The molecule has 3 rings (SSSR count). The first kappa shape index (κ1) is 20.3. The number of benzene rings is 3. The summed E-state index contributed by atoms with van der Waals surface area (Å²) in [7, 11) is 0. The summed E-state index contributed by atoms with van der Waals surface area (Å²) in [6, 6.07) is 17.8. The van der Waals surface area contributed by atoms with Crippen molar-refractivity contribution in [2.24, 2.45) is 0 Å². The van der Waals surface area contributed by atoms with Crippen molar-refractivity contribution < 1.29 is 29.4 Å². The van der Waals surface area contributed by atoms with Crippen molar-refractivity contribution in [3.8, 4) is 0 Å². The SMILES string of the molecule is O=CN(c1ccc(C(=O)O)cc1)c1cccc(NC(=O)c2ccc(C(=O)O)cc2)c1. The Hall–Kier alpha value is -4.46. The number of carbonyl (C=O) groups excluding carboxylic acids is 2. The summed E-state index contributed by atoms with van der Waals surface area (Å²) in [4.78, 5) is 47.3. The standard InChI is InChI=1S/C22H16N2O6/c25-13-24(18-10-8-16(9-11-18)22(29)30)19-3-1-2-17(12-19)23-20(26)14-4-6-15(7-5-14)21(27)28/h1-13H,(H,23,26)(H,27,28)(H,29,30). The van der Waals surface area contributed by atoms with Crippen LogP contribution in [0.1, 0.15) is 31.1 Å².